The van der Waals surface area contributed by atoms with Crippen molar-refractivity contribution in [3.8, 4) is 17.2 Å². The third kappa shape index (κ3) is 2.82. The van der Waals surface area contributed by atoms with Crippen LogP contribution >= 0.6 is 9.47 Å². The Bertz CT molecular complexity index is 836. The van der Waals surface area contributed by atoms with Crippen molar-refractivity contribution in [1.82, 2.24) is 0 Å². The molecule has 2 heterocycles. The van der Waals surface area contributed by atoms with Crippen LogP contribution in [0, 0.1) is 11.8 Å². The largest absolute Gasteiger partial charge is 0.480 e. The lowest BCUT2D eigenvalue weighted by Crippen LogP contribution is -2.24. The van der Waals surface area contributed by atoms with Crippen molar-refractivity contribution in [1.29, 1.82) is 0 Å². The number of rotatable bonds is 5. The number of cyclic esters (lactones) is 1. The molecule has 26 heavy (non-hydrogen) atoms. The summed E-state index contributed by atoms with van der Waals surface area (Å²) in [5.41, 5.74) is 1.86. The second kappa shape index (κ2) is 7.00. The van der Waals surface area contributed by atoms with Crippen LogP contribution in [0.15, 0.2) is 55.1 Å². The van der Waals surface area contributed by atoms with Crippen molar-refractivity contribution >= 4 is 15.4 Å². The highest BCUT2D eigenvalue weighted by atomic mass is 31.0. The summed E-state index contributed by atoms with van der Waals surface area (Å²) in [6.07, 6.45) is 1.79. The van der Waals surface area contributed by atoms with Gasteiger partial charge in [-0.1, -0.05) is 36.4 Å². The van der Waals surface area contributed by atoms with E-state index in [1.807, 2.05) is 36.4 Å². The maximum atomic E-state index is 12.6. The minimum absolute atomic E-state index is 0.0736. The van der Waals surface area contributed by atoms with Crippen LogP contribution in [0.5, 0.6) is 17.2 Å². The minimum atomic E-state index is -0.380. The van der Waals surface area contributed by atoms with Gasteiger partial charge in [0.05, 0.1) is 22.0 Å². The molecule has 0 saturated carbocycles. The molecule has 0 radical (unpaired) electrons. The molecular formula is C20H19O5P. The summed E-state index contributed by atoms with van der Waals surface area (Å²) in [7, 11) is 2.26. The van der Waals surface area contributed by atoms with E-state index in [0.29, 0.717) is 23.9 Å². The smallest absolute Gasteiger partial charge is 0.310 e. The lowest BCUT2D eigenvalue weighted by molar-refractivity contribution is -0.141. The summed E-state index contributed by atoms with van der Waals surface area (Å²) in [6, 6.07) is 13.6. The van der Waals surface area contributed by atoms with E-state index < -0.39 is 0 Å². The molecule has 5 nitrogen and oxygen atoms in total. The fourth-order valence-corrected chi connectivity index (χ4v) is 3.88. The van der Waals surface area contributed by atoms with Crippen molar-refractivity contribution in [2.45, 2.75) is 5.92 Å². The molecule has 2 aromatic carbocycles. The van der Waals surface area contributed by atoms with Gasteiger partial charge in [0.1, 0.15) is 5.75 Å². The van der Waals surface area contributed by atoms with Crippen LogP contribution in [0.2, 0.25) is 0 Å². The van der Waals surface area contributed by atoms with Gasteiger partial charge in [-0.15, -0.1) is 6.58 Å². The van der Waals surface area contributed by atoms with E-state index in [4.69, 9.17) is 18.7 Å². The van der Waals surface area contributed by atoms with Gasteiger partial charge in [-0.05, 0) is 11.6 Å². The molecule has 0 aliphatic carbocycles. The molecule has 0 amide bonds. The standard InChI is InChI=1S/C20H19O5P/c1-2-12-10-22-20(21)19(12)18(13-6-4-3-5-7-13)14-8-16-17(24-11-23-16)9-15(14)25-26/h2-9,12,18-19H,1,10-11,26H2/t12-,18?,19?/m0/s1. The summed E-state index contributed by atoms with van der Waals surface area (Å²) in [5.74, 6) is 0.969. The molecule has 0 N–H and O–H groups in total. The Balaban J connectivity index is 1.89. The lowest BCUT2D eigenvalue weighted by atomic mass is 9.75. The zero-order valence-corrected chi connectivity index (χ0v) is 15.2. The zero-order chi connectivity index (χ0) is 18.1. The van der Waals surface area contributed by atoms with Gasteiger partial charge in [-0.3, -0.25) is 4.79 Å². The second-order valence-corrected chi connectivity index (χ2v) is 6.54. The van der Waals surface area contributed by atoms with Crippen LogP contribution < -0.4 is 14.0 Å². The first-order chi connectivity index (χ1) is 12.7. The highest BCUT2D eigenvalue weighted by Crippen LogP contribution is 2.48. The molecular weight excluding hydrogens is 351 g/mol. The van der Waals surface area contributed by atoms with Crippen molar-refractivity contribution in [2.24, 2.45) is 11.8 Å². The first kappa shape index (κ1) is 16.9. The van der Waals surface area contributed by atoms with Gasteiger partial charge >= 0.3 is 5.97 Å². The third-order valence-electron chi connectivity index (χ3n) is 4.94. The van der Waals surface area contributed by atoms with Crippen LogP contribution in [0.3, 0.4) is 0 Å². The average molecular weight is 370 g/mol. The van der Waals surface area contributed by atoms with Gasteiger partial charge in [-0.25, -0.2) is 0 Å². The highest BCUT2D eigenvalue weighted by molar-refractivity contribution is 7.10. The monoisotopic (exact) mass is 370 g/mol. The van der Waals surface area contributed by atoms with Crippen LogP contribution in [-0.2, 0) is 9.53 Å². The van der Waals surface area contributed by atoms with Gasteiger partial charge in [0.25, 0.3) is 0 Å². The van der Waals surface area contributed by atoms with E-state index in [0.717, 1.165) is 11.1 Å². The van der Waals surface area contributed by atoms with Crippen molar-refractivity contribution in [2.75, 3.05) is 13.4 Å². The molecule has 134 valence electrons. The average Bonchev–Trinajstić information content (AvgIpc) is 3.28. The van der Waals surface area contributed by atoms with E-state index >= 15 is 0 Å². The molecule has 6 heteroatoms. The number of fused-ring (bicyclic) bond motifs is 1. The van der Waals surface area contributed by atoms with Crippen molar-refractivity contribution < 1.29 is 23.5 Å². The van der Waals surface area contributed by atoms with Crippen LogP contribution in [0.1, 0.15) is 17.0 Å². The second-order valence-electron chi connectivity index (χ2n) is 6.30. The topological polar surface area (TPSA) is 54.0 Å². The van der Waals surface area contributed by atoms with Crippen LogP contribution in [0.4, 0.5) is 0 Å². The first-order valence-electron chi connectivity index (χ1n) is 8.37. The summed E-state index contributed by atoms with van der Waals surface area (Å²) in [4.78, 5) is 12.6. The van der Waals surface area contributed by atoms with E-state index in [1.165, 1.54) is 0 Å². The molecule has 1 saturated heterocycles. The number of benzene rings is 2. The normalized spacial score (nSPS) is 22.0. The molecule has 0 spiro atoms. The van der Waals surface area contributed by atoms with Gasteiger partial charge in [0, 0.05) is 23.5 Å². The minimum Gasteiger partial charge on any atom is -0.480 e. The van der Waals surface area contributed by atoms with E-state index in [2.05, 4.69) is 16.0 Å². The summed E-state index contributed by atoms with van der Waals surface area (Å²) in [5, 5.41) is 0. The van der Waals surface area contributed by atoms with E-state index in [-0.39, 0.29) is 30.5 Å². The predicted octanol–water partition coefficient (Wildman–Crippen LogP) is 3.69. The quantitative estimate of drug-likeness (QED) is 0.456. The Labute approximate surface area is 154 Å². The Kier molecular flexibility index (Phi) is 4.56. The third-order valence-corrected chi connectivity index (χ3v) is 5.19. The van der Waals surface area contributed by atoms with Gasteiger partial charge < -0.3 is 18.7 Å². The number of esters is 1. The zero-order valence-electron chi connectivity index (χ0n) is 14.1. The van der Waals surface area contributed by atoms with Gasteiger partial charge in [-0.2, -0.15) is 0 Å². The fraction of sp³-hybridized carbons (Fsp3) is 0.250. The molecule has 4 atom stereocenters. The number of ether oxygens (including phenoxy) is 3. The Morgan fingerprint density at radius 3 is 2.58 bits per heavy atom. The van der Waals surface area contributed by atoms with Gasteiger partial charge in [0.15, 0.2) is 11.5 Å². The molecule has 2 aliphatic rings. The van der Waals surface area contributed by atoms with Crippen LogP contribution in [-0.4, -0.2) is 19.4 Å². The SMILES string of the molecule is C=C[C@H]1COC(=O)C1C(c1ccccc1)c1cc2c(cc1OP)OCO2. The van der Waals surface area contributed by atoms with Gasteiger partial charge in [0.2, 0.25) is 6.79 Å². The number of hydrogen-bond acceptors (Lipinski definition) is 5. The summed E-state index contributed by atoms with van der Waals surface area (Å²) < 4.78 is 21.9. The molecule has 3 unspecified atom stereocenters. The lowest BCUT2D eigenvalue weighted by Gasteiger charge is -2.26. The van der Waals surface area contributed by atoms with E-state index in [9.17, 15) is 4.79 Å². The van der Waals surface area contributed by atoms with Crippen LogP contribution in [0.25, 0.3) is 0 Å². The highest BCUT2D eigenvalue weighted by Gasteiger charge is 2.43. The number of hydrogen-bond donors (Lipinski definition) is 0. The Morgan fingerprint density at radius 2 is 1.88 bits per heavy atom. The number of carbonyl (C=O) groups is 1. The maximum Gasteiger partial charge on any atom is 0.310 e. The summed E-state index contributed by atoms with van der Waals surface area (Å²) in [6.45, 7) is 4.40. The fourth-order valence-electron chi connectivity index (χ4n) is 3.68. The Morgan fingerprint density at radius 1 is 1.15 bits per heavy atom. The molecule has 4 rings (SSSR count). The first-order valence-corrected chi connectivity index (χ1v) is 8.84. The molecule has 2 aliphatic heterocycles. The van der Waals surface area contributed by atoms with Crippen molar-refractivity contribution in [3.05, 3.63) is 66.2 Å². The Hall–Kier alpha value is -2.52. The molecule has 0 bridgehead atoms. The van der Waals surface area contributed by atoms with E-state index in [1.54, 1.807) is 12.1 Å². The summed E-state index contributed by atoms with van der Waals surface area (Å²) >= 11 is 0. The molecule has 2 aromatic rings. The maximum absolute atomic E-state index is 12.6. The molecule has 0 aromatic heterocycles. The molecule has 1 fully saturated rings. The number of carbonyl (C=O) groups excluding carboxylic acids is 1. The predicted molar refractivity (Wildman–Crippen MR) is 99.3 cm³/mol. The van der Waals surface area contributed by atoms with Crippen molar-refractivity contribution in [3.63, 3.8) is 0 Å².